The lowest BCUT2D eigenvalue weighted by Gasteiger charge is -2.26. The monoisotopic (exact) mass is 1190 g/mol. The van der Waals surface area contributed by atoms with E-state index in [0.29, 0.717) is 22.3 Å². The van der Waals surface area contributed by atoms with Crippen LogP contribution in [-0.2, 0) is 19.2 Å². The number of benzene rings is 9. The molecule has 4 N–H and O–H groups in total. The van der Waals surface area contributed by atoms with E-state index in [1.165, 1.54) is 24.3 Å². The van der Waals surface area contributed by atoms with E-state index in [9.17, 15) is 39.6 Å². The van der Waals surface area contributed by atoms with E-state index >= 15 is 0 Å². The van der Waals surface area contributed by atoms with Gasteiger partial charge in [-0.3, -0.25) is 19.2 Å². The topological polar surface area (TPSA) is 170 Å². The Morgan fingerprint density at radius 2 is 0.440 bits per heavy atom. The van der Waals surface area contributed by atoms with Gasteiger partial charge in [0.05, 0.1) is 26.3 Å². The molecule has 0 heterocycles. The molecule has 0 spiro atoms. The molecule has 0 saturated carbocycles. The molecule has 0 saturated heterocycles. The lowest BCUT2D eigenvalue weighted by atomic mass is 9.93. The molecule has 438 valence electrons. The van der Waals surface area contributed by atoms with Crippen LogP contribution in [-0.4, -0.2) is 44.3 Å². The summed E-state index contributed by atoms with van der Waals surface area (Å²) in [6.45, 7) is 33.5. The molecule has 0 aliphatic rings. The Labute approximate surface area is 526 Å². The lowest BCUT2D eigenvalue weighted by molar-refractivity contribution is -0.133. The highest BCUT2D eigenvalue weighted by molar-refractivity contribution is 5.99. The summed E-state index contributed by atoms with van der Waals surface area (Å²) in [4.78, 5) is 61.4. The van der Waals surface area contributed by atoms with Gasteiger partial charge in [-0.15, -0.1) is 0 Å². The smallest absolute Gasteiger partial charge is 0.333 e. The van der Waals surface area contributed by atoms with E-state index in [0.717, 1.165) is 95.0 Å². The first-order valence-corrected chi connectivity index (χ1v) is 28.1. The Kier molecular flexibility index (Phi) is 19.7. The predicted octanol–water partition coefficient (Wildman–Crippen LogP) is 17.9. The van der Waals surface area contributed by atoms with Gasteiger partial charge < -0.3 is 25.3 Å². The second kappa shape index (κ2) is 28.8. The minimum atomic E-state index is -1.34. The van der Waals surface area contributed by atoms with Gasteiger partial charge in [0.1, 0.15) is 0 Å². The molecule has 9 rings (SSSR count). The third-order valence-corrected chi connectivity index (χ3v) is 14.6. The molecule has 13 heteroatoms. The summed E-state index contributed by atoms with van der Waals surface area (Å²) < 4.78 is 0. The number of carboxylic acids is 4. The molecule has 0 fully saturated rings. The van der Waals surface area contributed by atoms with Gasteiger partial charge >= 0.3 is 23.9 Å². The standard InChI is InChI=1S/C78H53N5O8/c1-50-7-25-59(26-8-50)68(60-27-9-51(2)10-28-60)43-52-19-37-65(38-20-52)83(66-39-21-53(22-40-66)44-69(61-29-11-55(12-30-61)46-71(79-3)75(84)85)62-31-13-56(14-32-62)47-72(80-4)76(86)87)67-41-23-54(24-42-67)45-70(63-33-15-57(16-34-63)48-73(81-5)77(88)89)64-35-17-58(18-36-64)49-74(82-6)78(90)91/h7-49H,1-2H3,(H,84,85)(H,86,87)(H,88,89)(H,90,91). The maximum Gasteiger partial charge on any atom is 0.333 e. The number of carboxylic acid groups (broad SMARTS) is 4. The molecule has 0 amide bonds. The van der Waals surface area contributed by atoms with Crippen molar-refractivity contribution in [3.63, 3.8) is 0 Å². The zero-order valence-electron chi connectivity index (χ0n) is 49.0. The molecule has 0 aliphatic carbocycles. The Morgan fingerprint density at radius 1 is 0.275 bits per heavy atom. The summed E-state index contributed by atoms with van der Waals surface area (Å²) in [7, 11) is 0. The van der Waals surface area contributed by atoms with E-state index in [1.807, 2.05) is 109 Å². The van der Waals surface area contributed by atoms with E-state index in [2.05, 4.69) is 117 Å². The zero-order chi connectivity index (χ0) is 64.6. The number of carbonyl (C=O) groups is 4. The summed E-state index contributed by atoms with van der Waals surface area (Å²) in [5, 5.41) is 38.1. The molecule has 0 unspecified atom stereocenters. The van der Waals surface area contributed by atoms with Gasteiger partial charge in [-0.1, -0.05) is 193 Å². The fourth-order valence-electron chi connectivity index (χ4n) is 9.81. The molecule has 91 heavy (non-hydrogen) atoms. The van der Waals surface area contributed by atoms with Crippen LogP contribution >= 0.6 is 0 Å². The van der Waals surface area contributed by atoms with Crippen molar-refractivity contribution >= 4 is 100 Å². The van der Waals surface area contributed by atoms with Crippen LogP contribution in [0.15, 0.2) is 241 Å². The molecule has 0 atom stereocenters. The number of hydrogen-bond donors (Lipinski definition) is 4. The first-order chi connectivity index (χ1) is 44.0. The highest BCUT2D eigenvalue weighted by Crippen LogP contribution is 2.38. The molecule has 9 aromatic rings. The van der Waals surface area contributed by atoms with Crippen molar-refractivity contribution in [3.8, 4) is 0 Å². The predicted molar refractivity (Wildman–Crippen MR) is 359 cm³/mol. The first-order valence-electron chi connectivity index (χ1n) is 28.1. The Hall–Kier alpha value is -13.2. The highest BCUT2D eigenvalue weighted by atomic mass is 16.4. The first kappa shape index (κ1) is 62.3. The van der Waals surface area contributed by atoms with Crippen LogP contribution in [0.2, 0.25) is 0 Å². The summed E-state index contributed by atoms with van der Waals surface area (Å²) >= 11 is 0. The number of anilines is 3. The summed E-state index contributed by atoms with van der Waals surface area (Å²) in [5.74, 6) is -5.35. The van der Waals surface area contributed by atoms with E-state index < -0.39 is 46.7 Å². The van der Waals surface area contributed by atoms with Crippen LogP contribution in [0.1, 0.15) is 83.5 Å². The highest BCUT2D eigenvalue weighted by Gasteiger charge is 2.17. The Morgan fingerprint density at radius 3 is 0.615 bits per heavy atom. The van der Waals surface area contributed by atoms with Gasteiger partial charge in [-0.2, -0.15) is 0 Å². The summed E-state index contributed by atoms with van der Waals surface area (Å²) in [6, 6.07) is 69.7. The summed E-state index contributed by atoms with van der Waals surface area (Å²) in [6.07, 6.45) is 11.4. The number of aryl methyl sites for hydroxylation is 2. The number of aliphatic carboxylic acids is 4. The zero-order valence-corrected chi connectivity index (χ0v) is 49.0. The minimum Gasteiger partial charge on any atom is -0.486 e. The maximum absolute atomic E-state index is 11.7. The van der Waals surface area contributed by atoms with E-state index in [-0.39, 0.29) is 0 Å². The fraction of sp³-hybridized carbons (Fsp3) is 0.0256. The van der Waals surface area contributed by atoms with Crippen molar-refractivity contribution in [2.24, 2.45) is 0 Å². The molecule has 13 nitrogen and oxygen atoms in total. The minimum absolute atomic E-state index is 0.431. The second-order valence-corrected chi connectivity index (χ2v) is 20.8. The largest absolute Gasteiger partial charge is 0.486 e. The Balaban J connectivity index is 1.15. The molecule has 0 aromatic heterocycles. The van der Waals surface area contributed by atoms with E-state index in [4.69, 9.17) is 26.3 Å². The van der Waals surface area contributed by atoms with Gasteiger partial charge in [-0.25, -0.2) is 19.4 Å². The van der Waals surface area contributed by atoms with Gasteiger partial charge in [-0.05, 0) is 182 Å². The Bertz CT molecular complexity index is 4210. The lowest BCUT2D eigenvalue weighted by Crippen LogP contribution is -2.09. The van der Waals surface area contributed by atoms with Crippen LogP contribution in [0.4, 0.5) is 17.1 Å². The number of nitrogens with zero attached hydrogens (tertiary/aromatic N) is 5. The van der Waals surface area contributed by atoms with Crippen molar-refractivity contribution in [1.82, 2.24) is 0 Å². The second-order valence-electron chi connectivity index (χ2n) is 20.8. The van der Waals surface area contributed by atoms with Gasteiger partial charge in [0.15, 0.2) is 0 Å². The van der Waals surface area contributed by atoms with E-state index in [1.54, 1.807) is 48.5 Å². The number of hydrogen-bond acceptors (Lipinski definition) is 5. The van der Waals surface area contributed by atoms with Crippen molar-refractivity contribution in [1.29, 1.82) is 0 Å². The van der Waals surface area contributed by atoms with Crippen LogP contribution in [0, 0.1) is 40.1 Å². The third kappa shape index (κ3) is 15.8. The molecule has 0 aliphatic heterocycles. The van der Waals surface area contributed by atoms with Gasteiger partial charge in [0.2, 0.25) is 0 Å². The van der Waals surface area contributed by atoms with Crippen LogP contribution in [0.5, 0.6) is 0 Å². The summed E-state index contributed by atoms with van der Waals surface area (Å²) in [5.41, 5.74) is 15.6. The average molecular weight is 1190 g/mol. The molecule has 0 radical (unpaired) electrons. The average Bonchev–Trinajstić information content (AvgIpc) is 1.48. The maximum atomic E-state index is 11.7. The SMILES string of the molecule is [C-]#[N+]C(=Cc1ccc(C(=Cc2ccc(N(c3ccc(C=C(c4ccc(C)cc4)c4ccc(C)cc4)cc3)c3ccc(C=C(c4ccc(C=C([N+]#[C-])C(=O)O)cc4)c4ccc(C=C([N+]#[C-])C(=O)O)cc4)cc3)cc2)c2ccc(C=C([N+]#[C-])C(=O)O)cc2)cc1)C(=O)O. The quantitative estimate of drug-likeness (QED) is 0.0329. The van der Waals surface area contributed by atoms with Crippen molar-refractivity contribution in [2.75, 3.05) is 4.90 Å². The van der Waals surface area contributed by atoms with Crippen LogP contribution in [0.3, 0.4) is 0 Å². The van der Waals surface area contributed by atoms with Crippen molar-refractivity contribution < 1.29 is 39.6 Å². The van der Waals surface area contributed by atoms with Crippen LogP contribution < -0.4 is 4.90 Å². The molecule has 0 bridgehead atoms. The third-order valence-electron chi connectivity index (χ3n) is 14.6. The van der Waals surface area contributed by atoms with Gasteiger partial charge in [0.25, 0.3) is 22.8 Å². The molecule has 9 aromatic carbocycles. The molecular formula is C78H53N5O8. The van der Waals surface area contributed by atoms with Gasteiger partial charge in [0, 0.05) is 17.1 Å². The number of rotatable bonds is 20. The normalized spacial score (nSPS) is 11.3. The van der Waals surface area contributed by atoms with Crippen molar-refractivity contribution in [2.45, 2.75) is 13.8 Å². The fourth-order valence-corrected chi connectivity index (χ4v) is 9.81. The van der Waals surface area contributed by atoms with Crippen molar-refractivity contribution in [3.05, 3.63) is 370 Å². The van der Waals surface area contributed by atoms with Crippen LogP contribution in [0.25, 0.3) is 78.6 Å². The molecular weight excluding hydrogens is 1130 g/mol.